The maximum absolute atomic E-state index is 4.25. The molecule has 0 spiro atoms. The van der Waals surface area contributed by atoms with Gasteiger partial charge in [-0.15, -0.1) is 0 Å². The van der Waals surface area contributed by atoms with Gasteiger partial charge in [0.05, 0.1) is 5.69 Å². The molecule has 0 saturated heterocycles. The third-order valence-electron chi connectivity index (χ3n) is 4.43. The summed E-state index contributed by atoms with van der Waals surface area (Å²) in [6.07, 6.45) is 4.35. The van der Waals surface area contributed by atoms with Crippen LogP contribution in [0.4, 0.5) is 0 Å². The number of nitrogens with zero attached hydrogens (tertiary/aromatic N) is 1. The lowest BCUT2D eigenvalue weighted by Crippen LogP contribution is -2.26. The summed E-state index contributed by atoms with van der Waals surface area (Å²) in [5.41, 5.74) is 6.17. The van der Waals surface area contributed by atoms with E-state index in [2.05, 4.69) is 71.7 Å². The van der Waals surface area contributed by atoms with Crippen LogP contribution in [0, 0.1) is 13.8 Å². The molecule has 0 saturated carbocycles. The van der Waals surface area contributed by atoms with Gasteiger partial charge in [0, 0.05) is 40.9 Å². The van der Waals surface area contributed by atoms with Crippen LogP contribution in [0.1, 0.15) is 35.9 Å². The normalized spacial score (nSPS) is 12.9. The lowest BCUT2D eigenvalue weighted by Gasteiger charge is -2.13. The van der Waals surface area contributed by atoms with Crippen LogP contribution in [0.3, 0.4) is 0 Å². The minimum absolute atomic E-state index is 0.474. The van der Waals surface area contributed by atoms with E-state index < -0.39 is 0 Å². The second-order valence-electron chi connectivity index (χ2n) is 6.09. The fourth-order valence-corrected chi connectivity index (χ4v) is 2.92. The van der Waals surface area contributed by atoms with E-state index in [9.17, 15) is 0 Å². The Kier molecular flexibility index (Phi) is 4.29. The highest BCUT2D eigenvalue weighted by atomic mass is 15.1. The number of aromatic amines is 2. The van der Waals surface area contributed by atoms with Crippen molar-refractivity contribution in [2.24, 2.45) is 0 Å². The maximum Gasteiger partial charge on any atom is 0.0638 e. The topological polar surface area (TPSA) is 56.5 Å². The van der Waals surface area contributed by atoms with Crippen molar-refractivity contribution in [2.75, 3.05) is 0 Å². The first-order valence-corrected chi connectivity index (χ1v) is 7.94. The van der Waals surface area contributed by atoms with Gasteiger partial charge in [-0.05, 0) is 45.2 Å². The predicted octanol–water partition coefficient (Wildman–Crippen LogP) is 3.62. The highest BCUT2D eigenvalue weighted by molar-refractivity contribution is 5.82. The molecule has 0 aliphatic heterocycles. The van der Waals surface area contributed by atoms with Crippen molar-refractivity contribution < 1.29 is 0 Å². The zero-order chi connectivity index (χ0) is 15.5. The average Bonchev–Trinajstić information content (AvgIpc) is 3.07. The minimum atomic E-state index is 0.474. The van der Waals surface area contributed by atoms with E-state index >= 15 is 0 Å². The molecule has 0 fully saturated rings. The summed E-state index contributed by atoms with van der Waals surface area (Å²) in [7, 11) is 0. The van der Waals surface area contributed by atoms with Crippen LogP contribution >= 0.6 is 0 Å². The van der Waals surface area contributed by atoms with Gasteiger partial charge in [0.1, 0.15) is 0 Å². The summed E-state index contributed by atoms with van der Waals surface area (Å²) in [6.45, 7) is 7.26. The summed E-state index contributed by atoms with van der Waals surface area (Å²) >= 11 is 0. The molecule has 2 heterocycles. The molecule has 0 bridgehead atoms. The van der Waals surface area contributed by atoms with Crippen LogP contribution < -0.4 is 5.32 Å². The van der Waals surface area contributed by atoms with Gasteiger partial charge in [0.15, 0.2) is 0 Å². The number of rotatable bonds is 6. The standard InChI is InChI=1S/C18H24N4/c1-12(19-11-17-13(2)21-22-14(17)3)8-9-15-10-20-18-7-5-4-6-16(15)18/h4-7,10,12,19-20H,8-9,11H2,1-3H3,(H,21,22). The Morgan fingerprint density at radius 2 is 2.05 bits per heavy atom. The van der Waals surface area contributed by atoms with Gasteiger partial charge < -0.3 is 10.3 Å². The second kappa shape index (κ2) is 6.36. The van der Waals surface area contributed by atoms with Gasteiger partial charge in [0.25, 0.3) is 0 Å². The van der Waals surface area contributed by atoms with Crippen LogP contribution in [0.2, 0.25) is 0 Å². The monoisotopic (exact) mass is 296 g/mol. The van der Waals surface area contributed by atoms with Gasteiger partial charge in [-0.1, -0.05) is 18.2 Å². The minimum Gasteiger partial charge on any atom is -0.361 e. The molecular formula is C18H24N4. The molecule has 3 rings (SSSR count). The van der Waals surface area contributed by atoms with Gasteiger partial charge in [0.2, 0.25) is 0 Å². The average molecular weight is 296 g/mol. The molecule has 0 radical (unpaired) electrons. The van der Waals surface area contributed by atoms with E-state index in [1.165, 1.54) is 22.0 Å². The summed E-state index contributed by atoms with van der Waals surface area (Å²) in [4.78, 5) is 3.35. The first-order chi connectivity index (χ1) is 10.6. The molecule has 0 aliphatic carbocycles. The van der Waals surface area contributed by atoms with Crippen LogP contribution in [-0.4, -0.2) is 21.2 Å². The Balaban J connectivity index is 1.55. The molecule has 1 unspecified atom stereocenters. The second-order valence-corrected chi connectivity index (χ2v) is 6.09. The molecule has 22 heavy (non-hydrogen) atoms. The predicted molar refractivity (Wildman–Crippen MR) is 91.0 cm³/mol. The Labute approximate surface area is 131 Å². The van der Waals surface area contributed by atoms with Crippen molar-refractivity contribution in [1.82, 2.24) is 20.5 Å². The summed E-state index contributed by atoms with van der Waals surface area (Å²) in [5.74, 6) is 0. The van der Waals surface area contributed by atoms with Gasteiger partial charge in [-0.3, -0.25) is 5.10 Å². The zero-order valence-corrected chi connectivity index (χ0v) is 13.5. The van der Waals surface area contributed by atoms with Crippen molar-refractivity contribution in [3.63, 3.8) is 0 Å². The Morgan fingerprint density at radius 1 is 1.23 bits per heavy atom. The SMILES string of the molecule is Cc1n[nH]c(C)c1CNC(C)CCc1c[nH]c2ccccc12. The van der Waals surface area contributed by atoms with Crippen molar-refractivity contribution >= 4 is 10.9 Å². The zero-order valence-electron chi connectivity index (χ0n) is 13.5. The van der Waals surface area contributed by atoms with E-state index in [-0.39, 0.29) is 0 Å². The number of H-pyrrole nitrogens is 2. The summed E-state index contributed by atoms with van der Waals surface area (Å²) < 4.78 is 0. The quantitative estimate of drug-likeness (QED) is 0.650. The van der Waals surface area contributed by atoms with Crippen molar-refractivity contribution in [1.29, 1.82) is 0 Å². The Bertz CT molecular complexity index is 734. The molecule has 0 aliphatic rings. The van der Waals surface area contributed by atoms with Crippen LogP contribution in [0.15, 0.2) is 30.5 Å². The van der Waals surface area contributed by atoms with E-state index in [4.69, 9.17) is 0 Å². The molecule has 1 aromatic carbocycles. The van der Waals surface area contributed by atoms with E-state index in [1.807, 2.05) is 0 Å². The van der Waals surface area contributed by atoms with Crippen LogP contribution in [0.25, 0.3) is 10.9 Å². The molecule has 3 aromatic rings. The van der Waals surface area contributed by atoms with Gasteiger partial charge in [-0.2, -0.15) is 5.10 Å². The number of benzene rings is 1. The molecule has 4 heteroatoms. The fraction of sp³-hybridized carbons (Fsp3) is 0.389. The van der Waals surface area contributed by atoms with Crippen molar-refractivity contribution in [3.8, 4) is 0 Å². The van der Waals surface area contributed by atoms with Crippen molar-refractivity contribution in [2.45, 2.75) is 46.2 Å². The van der Waals surface area contributed by atoms with E-state index in [0.29, 0.717) is 6.04 Å². The Morgan fingerprint density at radius 3 is 2.82 bits per heavy atom. The third kappa shape index (κ3) is 3.07. The first-order valence-electron chi connectivity index (χ1n) is 7.94. The first kappa shape index (κ1) is 14.9. The molecule has 1 atom stereocenters. The van der Waals surface area contributed by atoms with E-state index in [0.717, 1.165) is 30.8 Å². The molecule has 3 N–H and O–H groups in total. The largest absolute Gasteiger partial charge is 0.361 e. The van der Waals surface area contributed by atoms with Gasteiger partial charge >= 0.3 is 0 Å². The third-order valence-corrected chi connectivity index (χ3v) is 4.43. The summed E-state index contributed by atoms with van der Waals surface area (Å²) in [5, 5.41) is 12.2. The van der Waals surface area contributed by atoms with Gasteiger partial charge in [-0.25, -0.2) is 0 Å². The number of hydrogen-bond acceptors (Lipinski definition) is 2. The molecule has 116 valence electrons. The number of hydrogen-bond donors (Lipinski definition) is 3. The highest BCUT2D eigenvalue weighted by Gasteiger charge is 2.09. The maximum atomic E-state index is 4.25. The van der Waals surface area contributed by atoms with Crippen molar-refractivity contribution in [3.05, 3.63) is 53.0 Å². The summed E-state index contributed by atoms with van der Waals surface area (Å²) in [6, 6.07) is 8.97. The van der Waals surface area contributed by atoms with Crippen LogP contribution in [0.5, 0.6) is 0 Å². The fourth-order valence-electron chi connectivity index (χ4n) is 2.92. The number of aromatic nitrogens is 3. The number of nitrogens with one attached hydrogen (secondary N) is 3. The smallest absolute Gasteiger partial charge is 0.0638 e. The van der Waals surface area contributed by atoms with E-state index in [1.54, 1.807) is 0 Å². The number of aryl methyl sites for hydroxylation is 3. The molecule has 2 aromatic heterocycles. The highest BCUT2D eigenvalue weighted by Crippen LogP contribution is 2.19. The van der Waals surface area contributed by atoms with Crippen LogP contribution in [-0.2, 0) is 13.0 Å². The number of para-hydroxylation sites is 1. The number of fused-ring (bicyclic) bond motifs is 1. The molecule has 4 nitrogen and oxygen atoms in total. The molecular weight excluding hydrogens is 272 g/mol. The molecule has 0 amide bonds. The lowest BCUT2D eigenvalue weighted by molar-refractivity contribution is 0.513. The Hall–Kier alpha value is -2.07. The lowest BCUT2D eigenvalue weighted by atomic mass is 10.0.